The number of phenols is 2. The van der Waals surface area contributed by atoms with Crippen molar-refractivity contribution < 1.29 is 19.7 Å². The Morgan fingerprint density at radius 3 is 2.05 bits per heavy atom. The van der Waals surface area contributed by atoms with Crippen LogP contribution in [0.3, 0.4) is 0 Å². The topological polar surface area (TPSA) is 58.9 Å². The van der Waals surface area contributed by atoms with Gasteiger partial charge < -0.3 is 19.7 Å². The molecule has 0 fully saturated rings. The van der Waals surface area contributed by atoms with Crippen molar-refractivity contribution in [2.24, 2.45) is 0 Å². The molecule has 0 saturated heterocycles. The zero-order valence-electron chi connectivity index (χ0n) is 12.7. The molecule has 2 aromatic carbocycles. The van der Waals surface area contributed by atoms with Crippen LogP contribution >= 0.6 is 0 Å². The standard InChI is InChI=1S/2C9H10O2/c1-3-7-4-5-8(10)6-9(7)11-2;1-3-7-4-5-9(11-2)8(10)6-7/h2*3-6,10H,1H2,2H3. The fraction of sp³-hybridized carbons (Fsp3) is 0.111. The molecule has 0 unspecified atom stereocenters. The lowest BCUT2D eigenvalue weighted by Gasteiger charge is -2.03. The predicted molar refractivity (Wildman–Crippen MR) is 89.5 cm³/mol. The van der Waals surface area contributed by atoms with Gasteiger partial charge in [0.2, 0.25) is 0 Å². The molecule has 0 aliphatic heterocycles. The summed E-state index contributed by atoms with van der Waals surface area (Å²) in [7, 11) is 3.07. The summed E-state index contributed by atoms with van der Waals surface area (Å²) in [6, 6.07) is 10.0. The number of benzene rings is 2. The van der Waals surface area contributed by atoms with Crippen LogP contribution in [0.15, 0.2) is 49.6 Å². The molecule has 0 spiro atoms. The molecule has 0 amide bonds. The molecule has 0 bridgehead atoms. The fourth-order valence-electron chi connectivity index (χ4n) is 1.70. The quantitative estimate of drug-likeness (QED) is 0.893. The van der Waals surface area contributed by atoms with Crippen molar-refractivity contribution in [1.29, 1.82) is 0 Å². The first kappa shape index (κ1) is 17.2. The van der Waals surface area contributed by atoms with E-state index in [2.05, 4.69) is 13.2 Å². The lowest BCUT2D eigenvalue weighted by atomic mass is 10.2. The molecule has 0 aromatic heterocycles. The molecule has 0 atom stereocenters. The van der Waals surface area contributed by atoms with Gasteiger partial charge >= 0.3 is 0 Å². The third-order valence-corrected chi connectivity index (χ3v) is 2.88. The van der Waals surface area contributed by atoms with Crippen molar-refractivity contribution in [3.63, 3.8) is 0 Å². The van der Waals surface area contributed by atoms with E-state index in [1.54, 1.807) is 49.6 Å². The number of methoxy groups -OCH3 is 2. The van der Waals surface area contributed by atoms with Crippen LogP contribution < -0.4 is 9.47 Å². The molecular formula is C18H20O4. The summed E-state index contributed by atoms with van der Waals surface area (Å²) >= 11 is 0. The number of phenolic OH excluding ortho intramolecular Hbond substituents is 2. The van der Waals surface area contributed by atoms with Gasteiger partial charge in [0.25, 0.3) is 0 Å². The van der Waals surface area contributed by atoms with Gasteiger partial charge in [0.1, 0.15) is 11.5 Å². The monoisotopic (exact) mass is 300 g/mol. The minimum absolute atomic E-state index is 0.143. The summed E-state index contributed by atoms with van der Waals surface area (Å²) in [6.45, 7) is 7.18. The highest BCUT2D eigenvalue weighted by Crippen LogP contribution is 2.26. The lowest BCUT2D eigenvalue weighted by Crippen LogP contribution is -1.85. The number of hydrogen-bond acceptors (Lipinski definition) is 4. The third kappa shape index (κ3) is 4.59. The van der Waals surface area contributed by atoms with Crippen molar-refractivity contribution in [2.45, 2.75) is 0 Å². The van der Waals surface area contributed by atoms with Crippen LogP contribution in [0.4, 0.5) is 0 Å². The summed E-state index contributed by atoms with van der Waals surface area (Å²) in [5.41, 5.74) is 1.76. The van der Waals surface area contributed by atoms with Crippen molar-refractivity contribution in [2.75, 3.05) is 14.2 Å². The fourth-order valence-corrected chi connectivity index (χ4v) is 1.70. The highest BCUT2D eigenvalue weighted by Gasteiger charge is 1.99. The molecule has 22 heavy (non-hydrogen) atoms. The molecule has 116 valence electrons. The molecule has 2 N–H and O–H groups in total. The maximum absolute atomic E-state index is 9.25. The molecule has 0 aliphatic carbocycles. The zero-order chi connectivity index (χ0) is 16.5. The summed E-state index contributed by atoms with van der Waals surface area (Å²) in [5, 5.41) is 18.3. The molecule has 2 rings (SSSR count). The molecule has 4 nitrogen and oxygen atoms in total. The van der Waals surface area contributed by atoms with Crippen molar-refractivity contribution >= 4 is 12.2 Å². The summed E-state index contributed by atoms with van der Waals surface area (Å²) in [5.74, 6) is 1.47. The minimum atomic E-state index is 0.143. The Bertz CT molecular complexity index is 648. The Balaban J connectivity index is 0.000000220. The minimum Gasteiger partial charge on any atom is -0.508 e. The highest BCUT2D eigenvalue weighted by molar-refractivity contribution is 5.57. The molecule has 2 aromatic rings. The van der Waals surface area contributed by atoms with Gasteiger partial charge in [0.15, 0.2) is 11.5 Å². The van der Waals surface area contributed by atoms with Crippen LogP contribution in [0.25, 0.3) is 12.2 Å². The number of hydrogen-bond donors (Lipinski definition) is 2. The molecule has 0 saturated carbocycles. The Labute approximate surface area is 130 Å². The molecule has 4 heteroatoms. The Morgan fingerprint density at radius 2 is 1.55 bits per heavy atom. The van der Waals surface area contributed by atoms with Gasteiger partial charge in [-0.1, -0.05) is 31.4 Å². The first-order valence-corrected chi connectivity index (χ1v) is 6.54. The Kier molecular flexibility index (Phi) is 6.57. The summed E-state index contributed by atoms with van der Waals surface area (Å²) in [6.07, 6.45) is 3.34. The first-order chi connectivity index (χ1) is 10.5. The van der Waals surface area contributed by atoms with E-state index in [1.165, 1.54) is 7.11 Å². The van der Waals surface area contributed by atoms with E-state index in [9.17, 15) is 5.11 Å². The van der Waals surface area contributed by atoms with Crippen LogP contribution in [0, 0.1) is 0 Å². The van der Waals surface area contributed by atoms with Crippen molar-refractivity contribution in [1.82, 2.24) is 0 Å². The van der Waals surface area contributed by atoms with Gasteiger partial charge in [-0.3, -0.25) is 0 Å². The number of aromatic hydroxyl groups is 2. The predicted octanol–water partition coefficient (Wildman–Crippen LogP) is 4.09. The second-order valence-electron chi connectivity index (χ2n) is 4.27. The Hall–Kier alpha value is -2.88. The van der Waals surface area contributed by atoms with E-state index in [1.807, 2.05) is 6.07 Å². The maximum atomic E-state index is 9.25. The molecule has 0 radical (unpaired) electrons. The average molecular weight is 300 g/mol. The Morgan fingerprint density at radius 1 is 0.864 bits per heavy atom. The molecular weight excluding hydrogens is 280 g/mol. The number of rotatable bonds is 4. The van der Waals surface area contributed by atoms with Gasteiger partial charge in [0, 0.05) is 11.6 Å². The van der Waals surface area contributed by atoms with Gasteiger partial charge in [-0.15, -0.1) is 0 Å². The first-order valence-electron chi connectivity index (χ1n) is 6.54. The normalized spacial score (nSPS) is 9.18. The third-order valence-electron chi connectivity index (χ3n) is 2.88. The van der Waals surface area contributed by atoms with E-state index in [0.717, 1.165) is 11.1 Å². The van der Waals surface area contributed by atoms with E-state index in [4.69, 9.17) is 14.6 Å². The molecule has 0 heterocycles. The van der Waals surface area contributed by atoms with Crippen molar-refractivity contribution in [3.05, 3.63) is 60.7 Å². The highest BCUT2D eigenvalue weighted by atomic mass is 16.5. The summed E-state index contributed by atoms with van der Waals surface area (Å²) < 4.78 is 9.85. The van der Waals surface area contributed by atoms with E-state index < -0.39 is 0 Å². The van der Waals surface area contributed by atoms with E-state index in [0.29, 0.717) is 11.5 Å². The maximum Gasteiger partial charge on any atom is 0.160 e. The van der Waals surface area contributed by atoms with Gasteiger partial charge in [-0.2, -0.15) is 0 Å². The molecule has 0 aliphatic rings. The lowest BCUT2D eigenvalue weighted by molar-refractivity contribution is 0.373. The average Bonchev–Trinajstić information content (AvgIpc) is 2.55. The SMILES string of the molecule is C=Cc1ccc(O)cc1OC.C=Cc1ccc(OC)c(O)c1. The van der Waals surface area contributed by atoms with Gasteiger partial charge in [-0.05, 0) is 29.8 Å². The summed E-state index contributed by atoms with van der Waals surface area (Å²) in [4.78, 5) is 0. The van der Waals surface area contributed by atoms with Crippen LogP contribution in [-0.2, 0) is 0 Å². The largest absolute Gasteiger partial charge is 0.508 e. The van der Waals surface area contributed by atoms with Crippen LogP contribution in [-0.4, -0.2) is 24.4 Å². The van der Waals surface area contributed by atoms with Gasteiger partial charge in [0.05, 0.1) is 14.2 Å². The smallest absolute Gasteiger partial charge is 0.160 e. The van der Waals surface area contributed by atoms with Crippen molar-refractivity contribution in [3.8, 4) is 23.0 Å². The zero-order valence-corrected chi connectivity index (χ0v) is 12.7. The second-order valence-corrected chi connectivity index (χ2v) is 4.27. The number of ether oxygens (including phenoxy) is 2. The second kappa shape index (κ2) is 8.42. The van der Waals surface area contributed by atoms with E-state index in [-0.39, 0.29) is 11.5 Å². The van der Waals surface area contributed by atoms with Crippen LogP contribution in [0.1, 0.15) is 11.1 Å². The van der Waals surface area contributed by atoms with Crippen LogP contribution in [0.5, 0.6) is 23.0 Å². The van der Waals surface area contributed by atoms with E-state index >= 15 is 0 Å². The van der Waals surface area contributed by atoms with Crippen LogP contribution in [0.2, 0.25) is 0 Å². The van der Waals surface area contributed by atoms with Gasteiger partial charge in [-0.25, -0.2) is 0 Å².